The lowest BCUT2D eigenvalue weighted by Crippen LogP contribution is -2.22. The highest BCUT2D eigenvalue weighted by Crippen LogP contribution is 2.23. The highest BCUT2D eigenvalue weighted by Gasteiger charge is 2.11. The molecule has 0 saturated carbocycles. The van der Waals surface area contributed by atoms with Crippen LogP contribution in [0, 0.1) is 6.92 Å². The fourth-order valence-electron chi connectivity index (χ4n) is 3.72. The van der Waals surface area contributed by atoms with Gasteiger partial charge in [0.2, 0.25) is 0 Å². The van der Waals surface area contributed by atoms with Crippen molar-refractivity contribution in [1.82, 2.24) is 19.9 Å². The first-order valence-electron chi connectivity index (χ1n) is 11.1. The smallest absolute Gasteiger partial charge is 0.251 e. The molecule has 0 fully saturated rings. The highest BCUT2D eigenvalue weighted by atomic mass is 16.5. The van der Waals surface area contributed by atoms with Gasteiger partial charge in [-0.05, 0) is 54.4 Å². The van der Waals surface area contributed by atoms with Crippen molar-refractivity contribution < 1.29 is 9.53 Å². The average Bonchev–Trinajstić information content (AvgIpc) is 3.31. The molecule has 6 nitrogen and oxygen atoms in total. The molecule has 0 spiro atoms. The maximum atomic E-state index is 12.6. The second kappa shape index (κ2) is 9.58. The largest absolute Gasteiger partial charge is 0.489 e. The van der Waals surface area contributed by atoms with E-state index in [1.807, 2.05) is 59.2 Å². The van der Waals surface area contributed by atoms with Crippen molar-refractivity contribution in [3.05, 3.63) is 120 Å². The van der Waals surface area contributed by atoms with E-state index in [0.717, 1.165) is 33.6 Å². The number of nitrogens with one attached hydrogen (secondary N) is 1. The molecule has 3 aromatic carbocycles. The lowest BCUT2D eigenvalue weighted by molar-refractivity contribution is 0.0951. The quantitative estimate of drug-likeness (QED) is 0.370. The lowest BCUT2D eigenvalue weighted by atomic mass is 10.1. The Balaban J connectivity index is 1.31. The summed E-state index contributed by atoms with van der Waals surface area (Å²) in [6, 6.07) is 25.5. The number of carbonyl (C=O) groups excluding carboxylic acids is 1. The molecule has 1 amide bonds. The van der Waals surface area contributed by atoms with Gasteiger partial charge in [0.1, 0.15) is 18.7 Å². The number of carbonyl (C=O) groups is 1. The van der Waals surface area contributed by atoms with E-state index < -0.39 is 0 Å². The minimum Gasteiger partial charge on any atom is -0.489 e. The van der Waals surface area contributed by atoms with E-state index in [1.54, 1.807) is 18.7 Å². The molecular weight excluding hydrogens is 424 g/mol. The Morgan fingerprint density at radius 2 is 1.85 bits per heavy atom. The number of aryl methyl sites for hydroxylation is 1. The number of imidazole rings is 1. The first-order chi connectivity index (χ1) is 16.7. The van der Waals surface area contributed by atoms with E-state index in [9.17, 15) is 4.79 Å². The minimum absolute atomic E-state index is 0.146. The van der Waals surface area contributed by atoms with Crippen LogP contribution in [0.5, 0.6) is 5.75 Å². The monoisotopic (exact) mass is 448 g/mol. The third-order valence-electron chi connectivity index (χ3n) is 5.61. The number of hydrogen-bond acceptors (Lipinski definition) is 4. The van der Waals surface area contributed by atoms with Gasteiger partial charge in [0.15, 0.2) is 0 Å². The Bertz CT molecular complexity index is 1430. The van der Waals surface area contributed by atoms with E-state index in [1.165, 1.54) is 5.56 Å². The molecule has 168 valence electrons. The summed E-state index contributed by atoms with van der Waals surface area (Å²) in [6.45, 7) is 3.00. The van der Waals surface area contributed by atoms with Gasteiger partial charge in [-0.2, -0.15) is 0 Å². The first kappa shape index (κ1) is 21.4. The van der Waals surface area contributed by atoms with Crippen LogP contribution in [0.3, 0.4) is 0 Å². The zero-order chi connectivity index (χ0) is 23.3. The predicted octanol–water partition coefficient (Wildman–Crippen LogP) is 5.24. The van der Waals surface area contributed by atoms with Crippen molar-refractivity contribution in [2.75, 3.05) is 0 Å². The van der Waals surface area contributed by atoms with E-state index in [-0.39, 0.29) is 5.91 Å². The molecule has 0 aliphatic rings. The molecule has 0 aliphatic carbocycles. The summed E-state index contributed by atoms with van der Waals surface area (Å²) in [5, 5.41) is 2.93. The van der Waals surface area contributed by atoms with Crippen LogP contribution in [0.2, 0.25) is 0 Å². The van der Waals surface area contributed by atoms with Gasteiger partial charge in [-0.3, -0.25) is 14.3 Å². The molecule has 2 aromatic heterocycles. The molecule has 0 saturated heterocycles. The first-order valence-corrected chi connectivity index (χ1v) is 11.1. The molecular formula is C28H24N4O2. The topological polar surface area (TPSA) is 69.0 Å². The SMILES string of the molecule is Cc1ccc(COc2cccc(-n3cnc4cc(C(=O)NCc5cccnc5)ccc43)c2)cc1. The molecule has 1 N–H and O–H groups in total. The van der Waals surface area contributed by atoms with Gasteiger partial charge in [-0.1, -0.05) is 42.0 Å². The van der Waals surface area contributed by atoms with Crippen LogP contribution in [0.15, 0.2) is 97.6 Å². The Hall–Kier alpha value is -4.45. The zero-order valence-corrected chi connectivity index (χ0v) is 18.8. The van der Waals surface area contributed by atoms with Crippen LogP contribution in [0.25, 0.3) is 16.7 Å². The van der Waals surface area contributed by atoms with Crippen LogP contribution < -0.4 is 10.1 Å². The maximum Gasteiger partial charge on any atom is 0.251 e. The molecule has 0 unspecified atom stereocenters. The zero-order valence-electron chi connectivity index (χ0n) is 18.8. The number of aromatic nitrogens is 3. The highest BCUT2D eigenvalue weighted by molar-refractivity contribution is 5.97. The van der Waals surface area contributed by atoms with Crippen LogP contribution in [-0.2, 0) is 13.2 Å². The van der Waals surface area contributed by atoms with E-state index in [4.69, 9.17) is 4.74 Å². The maximum absolute atomic E-state index is 12.6. The molecule has 6 heteroatoms. The average molecular weight is 449 g/mol. The van der Waals surface area contributed by atoms with Gasteiger partial charge in [0.05, 0.1) is 16.7 Å². The number of amides is 1. The summed E-state index contributed by atoms with van der Waals surface area (Å²) in [5.74, 6) is 0.637. The number of nitrogens with zero attached hydrogens (tertiary/aromatic N) is 3. The van der Waals surface area contributed by atoms with E-state index >= 15 is 0 Å². The second-order valence-corrected chi connectivity index (χ2v) is 8.13. The number of rotatable bonds is 7. The van der Waals surface area contributed by atoms with Gasteiger partial charge in [0, 0.05) is 30.6 Å². The fraction of sp³-hybridized carbons (Fsp3) is 0.107. The van der Waals surface area contributed by atoms with Crippen LogP contribution in [0.1, 0.15) is 27.0 Å². The summed E-state index contributed by atoms with van der Waals surface area (Å²) in [7, 11) is 0. The van der Waals surface area contributed by atoms with Crippen LogP contribution in [0.4, 0.5) is 0 Å². The summed E-state index contributed by atoms with van der Waals surface area (Å²) in [4.78, 5) is 21.2. The van der Waals surface area contributed by atoms with Gasteiger partial charge >= 0.3 is 0 Å². The van der Waals surface area contributed by atoms with Crippen molar-refractivity contribution in [2.45, 2.75) is 20.1 Å². The Morgan fingerprint density at radius 1 is 0.971 bits per heavy atom. The van der Waals surface area contributed by atoms with Gasteiger partial charge in [-0.25, -0.2) is 4.98 Å². The summed E-state index contributed by atoms with van der Waals surface area (Å²) in [5.41, 5.74) is 6.48. The van der Waals surface area contributed by atoms with Gasteiger partial charge in [-0.15, -0.1) is 0 Å². The molecule has 0 atom stereocenters. The molecule has 0 radical (unpaired) electrons. The standard InChI is InChI=1S/C28H24N4O2/c1-20-7-9-21(10-8-20)18-34-25-6-2-5-24(15-25)32-19-31-26-14-23(11-12-27(26)32)28(33)30-17-22-4-3-13-29-16-22/h2-16,19H,17-18H2,1H3,(H,30,33). The molecule has 5 aromatic rings. The number of fused-ring (bicyclic) bond motifs is 1. The third kappa shape index (κ3) is 4.81. The number of pyridine rings is 1. The van der Waals surface area contributed by atoms with Gasteiger partial charge in [0.25, 0.3) is 5.91 Å². The Kier molecular flexibility index (Phi) is 6.03. The summed E-state index contributed by atoms with van der Waals surface area (Å²) >= 11 is 0. The third-order valence-corrected chi connectivity index (χ3v) is 5.61. The molecule has 2 heterocycles. The number of hydrogen-bond donors (Lipinski definition) is 1. The van der Waals surface area contributed by atoms with Crippen molar-refractivity contribution in [2.24, 2.45) is 0 Å². The lowest BCUT2D eigenvalue weighted by Gasteiger charge is -2.10. The van der Waals surface area contributed by atoms with E-state index in [2.05, 4.69) is 46.5 Å². The Labute approximate surface area is 197 Å². The summed E-state index contributed by atoms with van der Waals surface area (Å²) in [6.07, 6.45) is 5.21. The van der Waals surface area contributed by atoms with Crippen molar-refractivity contribution in [3.8, 4) is 11.4 Å². The van der Waals surface area contributed by atoms with Crippen molar-refractivity contribution >= 4 is 16.9 Å². The van der Waals surface area contributed by atoms with Crippen molar-refractivity contribution in [1.29, 1.82) is 0 Å². The number of ether oxygens (including phenoxy) is 1. The van der Waals surface area contributed by atoms with E-state index in [0.29, 0.717) is 18.7 Å². The fourth-order valence-corrected chi connectivity index (χ4v) is 3.72. The molecule has 34 heavy (non-hydrogen) atoms. The van der Waals surface area contributed by atoms with Crippen LogP contribution in [-0.4, -0.2) is 20.4 Å². The molecule has 0 aliphatic heterocycles. The normalized spacial score (nSPS) is 10.9. The Morgan fingerprint density at radius 3 is 2.68 bits per heavy atom. The summed E-state index contributed by atoms with van der Waals surface area (Å²) < 4.78 is 8.00. The number of benzene rings is 3. The predicted molar refractivity (Wildman–Crippen MR) is 132 cm³/mol. The second-order valence-electron chi connectivity index (χ2n) is 8.13. The van der Waals surface area contributed by atoms with Crippen molar-refractivity contribution in [3.63, 3.8) is 0 Å². The van der Waals surface area contributed by atoms with Crippen LogP contribution >= 0.6 is 0 Å². The van der Waals surface area contributed by atoms with Gasteiger partial charge < -0.3 is 10.1 Å². The molecule has 0 bridgehead atoms. The minimum atomic E-state index is -0.146. The molecule has 5 rings (SSSR count).